The summed E-state index contributed by atoms with van der Waals surface area (Å²) in [6, 6.07) is 18.5. The number of H-pyrrole nitrogens is 1. The highest BCUT2D eigenvalue weighted by molar-refractivity contribution is 9.10. The quantitative estimate of drug-likeness (QED) is 0.178. The van der Waals surface area contributed by atoms with Gasteiger partial charge in [0.15, 0.2) is 0 Å². The van der Waals surface area contributed by atoms with Crippen LogP contribution in [0.15, 0.2) is 77.3 Å². The number of hydrogen-bond donors (Lipinski definition) is 4. The van der Waals surface area contributed by atoms with E-state index in [1.54, 1.807) is 43.3 Å². The second kappa shape index (κ2) is 12.4. The number of urea groups is 1. The van der Waals surface area contributed by atoms with Crippen molar-refractivity contribution in [3.05, 3.63) is 106 Å². The molecule has 0 spiro atoms. The zero-order chi connectivity index (χ0) is 30.0. The molecule has 218 valence electrons. The minimum atomic E-state index is -1.01. The van der Waals surface area contributed by atoms with Gasteiger partial charge in [-0.2, -0.15) is 0 Å². The van der Waals surface area contributed by atoms with Gasteiger partial charge in [0.1, 0.15) is 42.2 Å². The number of hydrogen-bond acceptors (Lipinski definition) is 6. The van der Waals surface area contributed by atoms with Gasteiger partial charge in [0.25, 0.3) is 5.91 Å². The summed E-state index contributed by atoms with van der Waals surface area (Å²) >= 11 is 3.28. The van der Waals surface area contributed by atoms with Crippen LogP contribution in [0.2, 0.25) is 0 Å². The highest BCUT2D eigenvalue weighted by Crippen LogP contribution is 2.40. The molecule has 1 aliphatic heterocycles. The molecule has 2 heterocycles. The summed E-state index contributed by atoms with van der Waals surface area (Å²) in [6.07, 6.45) is -1.01. The number of nitrogens with one attached hydrogen (secondary N) is 2. The van der Waals surface area contributed by atoms with E-state index in [1.165, 1.54) is 11.0 Å². The van der Waals surface area contributed by atoms with Crippen LogP contribution in [-0.2, 0) is 4.79 Å². The van der Waals surface area contributed by atoms with Crippen molar-refractivity contribution in [1.82, 2.24) is 20.2 Å². The maximum absolute atomic E-state index is 14.9. The lowest BCUT2D eigenvalue weighted by Gasteiger charge is -2.29. The number of benzene rings is 3. The SMILES string of the molecule is Cc1[nH]c([C@H]([C@H](C)c2ccccc2)N2C(=O)N[C@H](c3ccc(OC[C@@H](O)CO)cc3)C2=O)nc1-c1ccc(Br)cc1F. The van der Waals surface area contributed by atoms with Gasteiger partial charge in [0.2, 0.25) is 0 Å². The minimum Gasteiger partial charge on any atom is -0.491 e. The second-order valence-electron chi connectivity index (χ2n) is 10.2. The van der Waals surface area contributed by atoms with Gasteiger partial charge in [-0.3, -0.25) is 9.69 Å². The summed E-state index contributed by atoms with van der Waals surface area (Å²) < 4.78 is 21.0. The van der Waals surface area contributed by atoms with E-state index >= 15 is 0 Å². The van der Waals surface area contributed by atoms with Crippen molar-refractivity contribution in [3.63, 3.8) is 0 Å². The molecule has 9 nitrogen and oxygen atoms in total. The molecule has 1 fully saturated rings. The predicted octanol–water partition coefficient (Wildman–Crippen LogP) is 5.16. The Morgan fingerprint density at radius 2 is 1.81 bits per heavy atom. The molecular weight excluding hydrogens is 607 g/mol. The molecule has 0 aliphatic carbocycles. The molecule has 0 bridgehead atoms. The number of aryl methyl sites for hydroxylation is 1. The molecule has 4 atom stereocenters. The van der Waals surface area contributed by atoms with Gasteiger partial charge in [-0.25, -0.2) is 14.2 Å². The monoisotopic (exact) mass is 636 g/mol. The fraction of sp³-hybridized carbons (Fsp3) is 0.258. The molecule has 3 amide bonds. The lowest BCUT2D eigenvalue weighted by atomic mass is 9.91. The number of ether oxygens (including phenoxy) is 1. The highest BCUT2D eigenvalue weighted by atomic mass is 79.9. The largest absolute Gasteiger partial charge is 0.491 e. The number of imide groups is 1. The standard InChI is InChI=1S/C31H30BrFN4O5/c1-17(19-6-4-3-5-7-19)28(29-34-18(2)26(35-29)24-13-10-21(32)14-25(24)33)37-30(40)27(36-31(37)41)20-8-11-23(12-9-20)42-16-22(39)15-38/h3-14,17,22,27-28,38-39H,15-16H2,1-2H3,(H,34,35)(H,36,41)/t17-,22+,27-,28+/m1/s1. The summed E-state index contributed by atoms with van der Waals surface area (Å²) in [7, 11) is 0. The van der Waals surface area contributed by atoms with Gasteiger partial charge in [-0.05, 0) is 48.4 Å². The Balaban J connectivity index is 1.49. The van der Waals surface area contributed by atoms with Crippen molar-refractivity contribution in [2.75, 3.05) is 13.2 Å². The number of rotatable bonds is 10. The zero-order valence-electron chi connectivity index (χ0n) is 22.9. The molecule has 5 rings (SSSR count). The van der Waals surface area contributed by atoms with Crippen LogP contribution < -0.4 is 10.1 Å². The number of carbonyl (C=O) groups excluding carboxylic acids is 2. The van der Waals surface area contributed by atoms with Crippen molar-refractivity contribution in [3.8, 4) is 17.0 Å². The van der Waals surface area contributed by atoms with Crippen molar-refractivity contribution >= 4 is 27.9 Å². The van der Waals surface area contributed by atoms with E-state index < -0.39 is 42.6 Å². The molecule has 11 heteroatoms. The number of aliphatic hydroxyl groups excluding tert-OH is 2. The Morgan fingerprint density at radius 3 is 2.48 bits per heavy atom. The van der Waals surface area contributed by atoms with E-state index in [1.807, 2.05) is 37.3 Å². The van der Waals surface area contributed by atoms with E-state index in [0.29, 0.717) is 38.6 Å². The van der Waals surface area contributed by atoms with E-state index in [9.17, 15) is 19.1 Å². The Labute approximate surface area is 250 Å². The molecule has 0 unspecified atom stereocenters. The second-order valence-corrected chi connectivity index (χ2v) is 11.1. The first-order valence-corrected chi connectivity index (χ1v) is 14.2. The summed E-state index contributed by atoms with van der Waals surface area (Å²) in [5.41, 5.74) is 2.73. The molecule has 42 heavy (non-hydrogen) atoms. The molecule has 0 saturated carbocycles. The molecule has 1 aliphatic rings. The van der Waals surface area contributed by atoms with Crippen LogP contribution in [0.4, 0.5) is 9.18 Å². The van der Waals surface area contributed by atoms with Crippen LogP contribution in [0.3, 0.4) is 0 Å². The minimum absolute atomic E-state index is 0.0868. The first kappa shape index (κ1) is 29.4. The Hall–Kier alpha value is -4.06. The summed E-state index contributed by atoms with van der Waals surface area (Å²) in [6.45, 7) is 3.18. The fourth-order valence-electron chi connectivity index (χ4n) is 5.07. The summed E-state index contributed by atoms with van der Waals surface area (Å²) in [5.74, 6) is -0.471. The van der Waals surface area contributed by atoms with Crippen LogP contribution in [0.1, 0.15) is 47.6 Å². The molecule has 4 aromatic rings. The maximum Gasteiger partial charge on any atom is 0.325 e. The van der Waals surface area contributed by atoms with Gasteiger partial charge < -0.3 is 25.3 Å². The predicted molar refractivity (Wildman–Crippen MR) is 157 cm³/mol. The molecule has 4 N–H and O–H groups in total. The van der Waals surface area contributed by atoms with E-state index in [4.69, 9.17) is 14.8 Å². The van der Waals surface area contributed by atoms with E-state index in [0.717, 1.165) is 5.56 Å². The van der Waals surface area contributed by atoms with Gasteiger partial charge in [0.05, 0.1) is 12.3 Å². The third-order valence-corrected chi connectivity index (χ3v) is 7.78. The number of halogens is 2. The third-order valence-electron chi connectivity index (χ3n) is 7.28. The smallest absolute Gasteiger partial charge is 0.325 e. The van der Waals surface area contributed by atoms with Crippen LogP contribution in [-0.4, -0.2) is 56.3 Å². The number of aromatic nitrogens is 2. The molecule has 3 aromatic carbocycles. The highest BCUT2D eigenvalue weighted by Gasteiger charge is 2.46. The molecule has 1 aromatic heterocycles. The lowest BCUT2D eigenvalue weighted by Crippen LogP contribution is -2.38. The summed E-state index contributed by atoms with van der Waals surface area (Å²) in [4.78, 5) is 36.5. The maximum atomic E-state index is 14.9. The lowest BCUT2D eigenvalue weighted by molar-refractivity contribution is -0.129. The van der Waals surface area contributed by atoms with Crippen molar-refractivity contribution < 1.29 is 28.9 Å². The van der Waals surface area contributed by atoms with Crippen LogP contribution in [0, 0.1) is 12.7 Å². The van der Waals surface area contributed by atoms with Crippen LogP contribution in [0.25, 0.3) is 11.3 Å². The number of aliphatic hydroxyl groups is 2. The van der Waals surface area contributed by atoms with Crippen LogP contribution in [0.5, 0.6) is 5.75 Å². The number of imidazole rings is 1. The van der Waals surface area contributed by atoms with Gasteiger partial charge in [-0.1, -0.05) is 65.3 Å². The third kappa shape index (κ3) is 5.94. The van der Waals surface area contributed by atoms with E-state index in [-0.39, 0.29) is 12.5 Å². The van der Waals surface area contributed by atoms with E-state index in [2.05, 4.69) is 26.2 Å². The topological polar surface area (TPSA) is 128 Å². The Bertz CT molecular complexity index is 1580. The summed E-state index contributed by atoms with van der Waals surface area (Å²) in [5, 5.41) is 21.3. The zero-order valence-corrected chi connectivity index (χ0v) is 24.5. The number of nitrogens with zero attached hydrogens (tertiary/aromatic N) is 2. The Morgan fingerprint density at radius 1 is 1.10 bits per heavy atom. The number of carbonyl (C=O) groups is 2. The first-order valence-electron chi connectivity index (χ1n) is 13.4. The fourth-order valence-corrected chi connectivity index (χ4v) is 5.41. The number of aromatic amines is 1. The molecule has 1 saturated heterocycles. The van der Waals surface area contributed by atoms with Gasteiger partial charge in [0, 0.05) is 21.6 Å². The van der Waals surface area contributed by atoms with Crippen LogP contribution >= 0.6 is 15.9 Å². The van der Waals surface area contributed by atoms with Crippen molar-refractivity contribution in [2.45, 2.75) is 38.0 Å². The van der Waals surface area contributed by atoms with Gasteiger partial charge in [-0.15, -0.1) is 0 Å². The normalized spacial score (nSPS) is 17.2. The first-order chi connectivity index (χ1) is 20.2. The van der Waals surface area contributed by atoms with Crippen molar-refractivity contribution in [2.24, 2.45) is 0 Å². The molecular formula is C31H30BrFN4O5. The number of amides is 3. The molecule has 0 radical (unpaired) electrons. The average molecular weight is 638 g/mol. The van der Waals surface area contributed by atoms with Crippen molar-refractivity contribution in [1.29, 1.82) is 0 Å². The average Bonchev–Trinajstić information content (AvgIpc) is 3.51. The van der Waals surface area contributed by atoms with Gasteiger partial charge >= 0.3 is 6.03 Å². The Kier molecular flexibility index (Phi) is 8.72.